The van der Waals surface area contributed by atoms with Crippen molar-refractivity contribution in [2.24, 2.45) is 9.98 Å². The van der Waals surface area contributed by atoms with Gasteiger partial charge in [-0.1, -0.05) is 25.3 Å². The second-order valence-electron chi connectivity index (χ2n) is 11.1. The second kappa shape index (κ2) is 11.3. The molecule has 0 radical (unpaired) electrons. The first kappa shape index (κ1) is 28.8. The summed E-state index contributed by atoms with van der Waals surface area (Å²) in [6.07, 6.45) is 10.9. The topological polar surface area (TPSA) is 131 Å². The van der Waals surface area contributed by atoms with Crippen LogP contribution in [-0.4, -0.2) is 49.6 Å². The van der Waals surface area contributed by atoms with Crippen molar-refractivity contribution in [3.05, 3.63) is 97.6 Å². The van der Waals surface area contributed by atoms with Crippen molar-refractivity contribution in [3.63, 3.8) is 0 Å². The van der Waals surface area contributed by atoms with Gasteiger partial charge in [-0.15, -0.1) is 0 Å². The highest BCUT2D eigenvalue weighted by Crippen LogP contribution is 2.33. The smallest absolute Gasteiger partial charge is 0.303 e. The van der Waals surface area contributed by atoms with E-state index in [-0.39, 0.29) is 18.9 Å². The first-order valence-corrected chi connectivity index (χ1v) is 14.1. The normalized spacial score (nSPS) is 20.7. The Bertz CT molecular complexity index is 1830. The molecule has 0 fully saturated rings. The fourth-order valence-electron chi connectivity index (χ4n) is 6.11. The summed E-state index contributed by atoms with van der Waals surface area (Å²) in [5.74, 6) is -1.75. The SMILES string of the molecule is C=CC1=C(C)C2Cc3[nH]c(c(C)c3C=C)/C=c3\[nH]/c(c(CCC(=O)O)c3C)=C\C3=NC(=C\C1=N2)/C(C)=C3CCC(=O)O. The fraction of sp³-hybridized carbons (Fsp3) is 0.294. The second-order valence-corrected chi connectivity index (χ2v) is 11.1. The summed E-state index contributed by atoms with van der Waals surface area (Å²) in [6, 6.07) is -0.0871. The zero-order chi connectivity index (χ0) is 30.3. The van der Waals surface area contributed by atoms with Crippen LogP contribution >= 0.6 is 0 Å². The molecule has 5 heterocycles. The molecule has 0 saturated heterocycles. The molecule has 8 heteroatoms. The molecular weight excluding hydrogens is 528 g/mol. The van der Waals surface area contributed by atoms with E-state index in [9.17, 15) is 19.8 Å². The average Bonchev–Trinajstić information content (AvgIpc) is 3.59. The molecule has 216 valence electrons. The van der Waals surface area contributed by atoms with Gasteiger partial charge in [0, 0.05) is 46.9 Å². The predicted molar refractivity (Wildman–Crippen MR) is 167 cm³/mol. The van der Waals surface area contributed by atoms with Crippen molar-refractivity contribution >= 4 is 41.6 Å². The van der Waals surface area contributed by atoms with Crippen LogP contribution in [0.3, 0.4) is 0 Å². The van der Waals surface area contributed by atoms with Gasteiger partial charge >= 0.3 is 11.9 Å². The summed E-state index contributed by atoms with van der Waals surface area (Å²) in [5.41, 5.74) is 12.0. The summed E-state index contributed by atoms with van der Waals surface area (Å²) in [4.78, 5) is 40.3. The van der Waals surface area contributed by atoms with Crippen LogP contribution in [0.2, 0.25) is 0 Å². The van der Waals surface area contributed by atoms with Crippen LogP contribution in [0.1, 0.15) is 66.8 Å². The lowest BCUT2D eigenvalue weighted by atomic mass is 9.97. The Morgan fingerprint density at radius 2 is 1.64 bits per heavy atom. The Morgan fingerprint density at radius 1 is 0.929 bits per heavy atom. The zero-order valence-corrected chi connectivity index (χ0v) is 24.5. The zero-order valence-electron chi connectivity index (χ0n) is 24.5. The van der Waals surface area contributed by atoms with E-state index >= 15 is 0 Å². The Kier molecular flexibility index (Phi) is 7.73. The molecule has 0 spiro atoms. The average molecular weight is 565 g/mol. The fourth-order valence-corrected chi connectivity index (χ4v) is 6.11. The van der Waals surface area contributed by atoms with Crippen LogP contribution in [0, 0.1) is 13.8 Å². The number of rotatable bonds is 8. The number of aliphatic carboxylic acids is 2. The van der Waals surface area contributed by atoms with Crippen LogP contribution < -0.4 is 10.7 Å². The lowest BCUT2D eigenvalue weighted by Gasteiger charge is -2.09. The van der Waals surface area contributed by atoms with Gasteiger partial charge < -0.3 is 20.2 Å². The molecule has 0 aromatic carbocycles. The Morgan fingerprint density at radius 3 is 2.31 bits per heavy atom. The van der Waals surface area contributed by atoms with Crippen molar-refractivity contribution in [1.82, 2.24) is 9.97 Å². The minimum Gasteiger partial charge on any atom is -0.481 e. The number of nitrogens with one attached hydrogen (secondary N) is 2. The maximum Gasteiger partial charge on any atom is 0.303 e. The maximum atomic E-state index is 11.5. The van der Waals surface area contributed by atoms with Crippen molar-refractivity contribution < 1.29 is 19.8 Å². The van der Waals surface area contributed by atoms with E-state index in [1.165, 1.54) is 0 Å². The third-order valence-corrected chi connectivity index (χ3v) is 8.58. The molecule has 8 bridgehead atoms. The molecule has 0 amide bonds. The highest BCUT2D eigenvalue weighted by molar-refractivity contribution is 6.24. The first-order chi connectivity index (χ1) is 20.0. The number of fused-ring (bicyclic) bond motifs is 6. The summed E-state index contributed by atoms with van der Waals surface area (Å²) >= 11 is 0. The van der Waals surface area contributed by atoms with E-state index in [1.54, 1.807) is 0 Å². The van der Waals surface area contributed by atoms with Crippen LogP contribution in [0.25, 0.3) is 18.2 Å². The quantitative estimate of drug-likeness (QED) is 0.372. The molecular formula is C34H36N4O4. The monoisotopic (exact) mass is 564 g/mol. The molecule has 0 saturated carbocycles. The van der Waals surface area contributed by atoms with Gasteiger partial charge in [0.15, 0.2) is 0 Å². The van der Waals surface area contributed by atoms with E-state index < -0.39 is 11.9 Å². The molecule has 2 aromatic rings. The minimum absolute atomic E-state index is 0.0130. The van der Waals surface area contributed by atoms with Crippen LogP contribution in [0.15, 0.2) is 63.3 Å². The van der Waals surface area contributed by atoms with Crippen molar-refractivity contribution in [2.45, 2.75) is 65.8 Å². The maximum absolute atomic E-state index is 11.5. The van der Waals surface area contributed by atoms with Crippen molar-refractivity contribution in [1.29, 1.82) is 0 Å². The highest BCUT2D eigenvalue weighted by atomic mass is 16.4. The number of aliphatic imine (C=N–C) groups is 2. The summed E-state index contributed by atoms with van der Waals surface area (Å²) in [5, 5.41) is 20.5. The van der Waals surface area contributed by atoms with E-state index in [4.69, 9.17) is 9.98 Å². The van der Waals surface area contributed by atoms with Gasteiger partial charge in [-0.25, -0.2) is 4.99 Å². The molecule has 8 nitrogen and oxygen atoms in total. The van der Waals surface area contributed by atoms with E-state index in [0.717, 1.165) is 78.0 Å². The van der Waals surface area contributed by atoms with E-state index in [0.29, 0.717) is 25.0 Å². The number of allylic oxidation sites excluding steroid dienone is 5. The number of carboxylic acid groups (broad SMARTS) is 2. The molecule has 42 heavy (non-hydrogen) atoms. The number of nitrogens with zero attached hydrogens (tertiary/aromatic N) is 2. The number of H-pyrrole nitrogens is 2. The van der Waals surface area contributed by atoms with Crippen molar-refractivity contribution in [2.75, 3.05) is 0 Å². The number of hydrogen-bond donors (Lipinski definition) is 4. The van der Waals surface area contributed by atoms with Gasteiger partial charge in [0.1, 0.15) is 0 Å². The van der Waals surface area contributed by atoms with Gasteiger partial charge in [0.2, 0.25) is 0 Å². The van der Waals surface area contributed by atoms with E-state index in [1.807, 2.05) is 38.2 Å². The van der Waals surface area contributed by atoms with Crippen LogP contribution in [0.4, 0.5) is 0 Å². The minimum atomic E-state index is -0.880. The molecule has 3 aliphatic rings. The van der Waals surface area contributed by atoms with E-state index in [2.05, 4.69) is 43.0 Å². The first-order valence-electron chi connectivity index (χ1n) is 14.1. The molecule has 5 rings (SSSR count). The highest BCUT2D eigenvalue weighted by Gasteiger charge is 2.27. The lowest BCUT2D eigenvalue weighted by molar-refractivity contribution is -0.137. The Labute approximate surface area is 244 Å². The molecule has 4 N–H and O–H groups in total. The number of aromatic amines is 2. The van der Waals surface area contributed by atoms with Crippen molar-refractivity contribution in [3.8, 4) is 0 Å². The number of carbonyl (C=O) groups is 2. The lowest BCUT2D eigenvalue weighted by Crippen LogP contribution is -2.16. The largest absolute Gasteiger partial charge is 0.481 e. The number of aromatic nitrogens is 2. The van der Waals surface area contributed by atoms with Gasteiger partial charge in [0.05, 0.1) is 23.2 Å². The molecule has 3 aliphatic heterocycles. The van der Waals surface area contributed by atoms with Gasteiger partial charge in [0.25, 0.3) is 0 Å². The number of hydrogen-bond acceptors (Lipinski definition) is 4. The molecule has 0 aliphatic carbocycles. The van der Waals surface area contributed by atoms with Gasteiger partial charge in [-0.05, 0) is 97.7 Å². The Hall–Kier alpha value is -4.72. The Balaban J connectivity index is 1.82. The molecule has 1 unspecified atom stereocenters. The van der Waals surface area contributed by atoms with Gasteiger partial charge in [-0.2, -0.15) is 0 Å². The summed E-state index contributed by atoms with van der Waals surface area (Å²) in [6.45, 7) is 16.2. The van der Waals surface area contributed by atoms with Gasteiger partial charge in [-0.3, -0.25) is 14.6 Å². The number of carboxylic acids is 2. The molecule has 2 aromatic heterocycles. The molecule has 1 atom stereocenters. The third kappa shape index (κ3) is 5.20. The van der Waals surface area contributed by atoms with Crippen LogP contribution in [-0.2, 0) is 22.4 Å². The predicted octanol–water partition coefficient (Wildman–Crippen LogP) is 4.63. The van der Waals surface area contributed by atoms with Crippen LogP contribution in [0.5, 0.6) is 0 Å². The summed E-state index contributed by atoms with van der Waals surface area (Å²) < 4.78 is 0. The standard InChI is InChI=1S/C34H36N4O4/c1-7-21-17(3)25-13-26-19(5)23(9-11-33(39)40)31(37-26)16-32-24(10-12-34(41)42)20(6)28(38-32)15-30-22(8-2)18(4)27(36-30)14-29(21)35-25/h7-8,13,15-16,27,35,37H,1-2,9-12,14H2,3-6H3,(H,39,40)(H,41,42)/b26-13-,28-15-,31-16-. The summed E-state index contributed by atoms with van der Waals surface area (Å²) in [7, 11) is 0. The third-order valence-electron chi connectivity index (χ3n) is 8.58.